The van der Waals surface area contributed by atoms with E-state index in [2.05, 4.69) is 79.8 Å². The average molecular weight is 385 g/mol. The second kappa shape index (κ2) is 23.1. The summed E-state index contributed by atoms with van der Waals surface area (Å²) in [5.74, 6) is 0.299. The maximum Gasteiger partial charge on any atom is 0.133 e. The molecule has 0 aromatic rings. The Morgan fingerprint density at radius 3 is 1.46 bits per heavy atom. The summed E-state index contributed by atoms with van der Waals surface area (Å²) in [5, 5.41) is 8.68. The van der Waals surface area contributed by atoms with E-state index in [1.54, 1.807) is 0 Å². The van der Waals surface area contributed by atoms with Crippen LogP contribution in [-0.4, -0.2) is 17.5 Å². The van der Waals surface area contributed by atoms with Gasteiger partial charge in [0.05, 0.1) is 0 Å². The number of rotatable bonds is 18. The van der Waals surface area contributed by atoms with Gasteiger partial charge in [-0.05, 0) is 57.8 Å². The molecule has 156 valence electrons. The number of Topliss-reactive ketones (excluding diaryl/α,β-unsaturated/α-hetero) is 1. The normalized spacial score (nSPS) is 12.9. The molecule has 0 aromatic heterocycles. The molecule has 2 heteroatoms. The van der Waals surface area contributed by atoms with Crippen LogP contribution >= 0.6 is 0 Å². The van der Waals surface area contributed by atoms with E-state index in [0.717, 1.165) is 57.8 Å². The molecule has 0 atom stereocenters. The lowest BCUT2D eigenvalue weighted by atomic mass is 10.1. The zero-order chi connectivity index (χ0) is 20.5. The average Bonchev–Trinajstić information content (AvgIpc) is 2.70. The van der Waals surface area contributed by atoms with Gasteiger partial charge >= 0.3 is 0 Å². The first-order valence-corrected chi connectivity index (χ1v) is 10.8. The SMILES string of the molecule is CC/C=C\C/C=C\C/C=C\C/C=C\C/C=C\C/C=C\CCC(=O)CCCCO. The second-order valence-corrected chi connectivity index (χ2v) is 6.67. The molecule has 0 aliphatic rings. The van der Waals surface area contributed by atoms with Crippen LogP contribution in [0.5, 0.6) is 0 Å². The fourth-order valence-electron chi connectivity index (χ4n) is 2.44. The zero-order valence-corrected chi connectivity index (χ0v) is 17.8. The summed E-state index contributed by atoms with van der Waals surface area (Å²) in [4.78, 5) is 11.6. The molecular weight excluding hydrogens is 344 g/mol. The summed E-state index contributed by atoms with van der Waals surface area (Å²) >= 11 is 0. The third-order valence-electron chi connectivity index (χ3n) is 4.05. The number of carbonyl (C=O) groups excluding carboxylic acids is 1. The van der Waals surface area contributed by atoms with E-state index in [-0.39, 0.29) is 6.61 Å². The summed E-state index contributed by atoms with van der Waals surface area (Å²) in [7, 11) is 0. The number of aliphatic hydroxyl groups is 1. The van der Waals surface area contributed by atoms with Gasteiger partial charge in [-0.3, -0.25) is 4.79 Å². The highest BCUT2D eigenvalue weighted by molar-refractivity contribution is 5.78. The zero-order valence-electron chi connectivity index (χ0n) is 17.8. The molecule has 1 N–H and O–H groups in total. The third kappa shape index (κ3) is 22.1. The van der Waals surface area contributed by atoms with Crippen molar-refractivity contribution in [1.82, 2.24) is 0 Å². The van der Waals surface area contributed by atoms with Gasteiger partial charge in [-0.1, -0.05) is 79.8 Å². The Balaban J connectivity index is 3.54. The van der Waals surface area contributed by atoms with E-state index in [0.29, 0.717) is 18.6 Å². The summed E-state index contributed by atoms with van der Waals surface area (Å²) in [6.07, 6.45) is 35.8. The van der Waals surface area contributed by atoms with Crippen molar-refractivity contribution in [3.63, 3.8) is 0 Å². The number of ketones is 1. The van der Waals surface area contributed by atoms with E-state index < -0.39 is 0 Å². The number of carbonyl (C=O) groups is 1. The molecule has 0 amide bonds. The molecule has 0 radical (unpaired) electrons. The monoisotopic (exact) mass is 384 g/mol. The molecule has 2 nitrogen and oxygen atoms in total. The summed E-state index contributed by atoms with van der Waals surface area (Å²) in [5.41, 5.74) is 0. The predicted molar refractivity (Wildman–Crippen MR) is 123 cm³/mol. The van der Waals surface area contributed by atoms with Gasteiger partial charge in [0.1, 0.15) is 5.78 Å². The Kier molecular flexibility index (Phi) is 21.5. The van der Waals surface area contributed by atoms with E-state index in [9.17, 15) is 4.79 Å². The van der Waals surface area contributed by atoms with Crippen molar-refractivity contribution in [1.29, 1.82) is 0 Å². The molecule has 0 bridgehead atoms. The number of hydrogen-bond acceptors (Lipinski definition) is 2. The van der Waals surface area contributed by atoms with E-state index >= 15 is 0 Å². The van der Waals surface area contributed by atoms with Crippen LogP contribution in [0.3, 0.4) is 0 Å². The number of hydrogen-bond donors (Lipinski definition) is 1. The van der Waals surface area contributed by atoms with Gasteiger partial charge in [0.2, 0.25) is 0 Å². The van der Waals surface area contributed by atoms with Gasteiger partial charge in [0, 0.05) is 19.4 Å². The quantitative estimate of drug-likeness (QED) is 0.200. The highest BCUT2D eigenvalue weighted by atomic mass is 16.2. The van der Waals surface area contributed by atoms with Crippen molar-refractivity contribution in [3.05, 3.63) is 72.9 Å². The van der Waals surface area contributed by atoms with Gasteiger partial charge < -0.3 is 5.11 Å². The van der Waals surface area contributed by atoms with Crippen LogP contribution in [0.4, 0.5) is 0 Å². The fraction of sp³-hybridized carbons (Fsp3) is 0.500. The highest BCUT2D eigenvalue weighted by Gasteiger charge is 1.99. The van der Waals surface area contributed by atoms with Gasteiger partial charge in [0.15, 0.2) is 0 Å². The Labute approximate surface area is 173 Å². The van der Waals surface area contributed by atoms with Crippen molar-refractivity contribution in [2.75, 3.05) is 6.61 Å². The Morgan fingerprint density at radius 2 is 1.04 bits per heavy atom. The Bertz CT molecular complexity index is 519. The van der Waals surface area contributed by atoms with E-state index in [1.165, 1.54) is 0 Å². The molecule has 0 aromatic carbocycles. The van der Waals surface area contributed by atoms with Crippen molar-refractivity contribution >= 4 is 5.78 Å². The lowest BCUT2D eigenvalue weighted by Crippen LogP contribution is -1.97. The Morgan fingerprint density at radius 1 is 0.607 bits per heavy atom. The minimum Gasteiger partial charge on any atom is -0.396 e. The van der Waals surface area contributed by atoms with E-state index in [4.69, 9.17) is 5.11 Å². The minimum absolute atomic E-state index is 0.181. The number of unbranched alkanes of at least 4 members (excludes halogenated alkanes) is 1. The summed E-state index contributed by atoms with van der Waals surface area (Å²) < 4.78 is 0. The summed E-state index contributed by atoms with van der Waals surface area (Å²) in [6.45, 7) is 2.33. The Hall–Kier alpha value is -1.93. The number of aliphatic hydroxyl groups excluding tert-OH is 1. The van der Waals surface area contributed by atoms with Crippen LogP contribution in [0.2, 0.25) is 0 Å². The predicted octanol–water partition coefficient (Wildman–Crippen LogP) is 7.20. The molecule has 0 aliphatic carbocycles. The molecular formula is C26H40O2. The van der Waals surface area contributed by atoms with Crippen molar-refractivity contribution < 1.29 is 9.90 Å². The smallest absolute Gasteiger partial charge is 0.133 e. The lowest BCUT2D eigenvalue weighted by Gasteiger charge is -1.97. The van der Waals surface area contributed by atoms with Gasteiger partial charge in [-0.15, -0.1) is 0 Å². The van der Waals surface area contributed by atoms with Crippen molar-refractivity contribution in [2.45, 2.75) is 77.6 Å². The molecule has 0 unspecified atom stereocenters. The maximum atomic E-state index is 11.6. The molecule has 0 fully saturated rings. The molecule has 0 heterocycles. The molecule has 0 saturated heterocycles. The molecule has 28 heavy (non-hydrogen) atoms. The van der Waals surface area contributed by atoms with Gasteiger partial charge in [0.25, 0.3) is 0 Å². The van der Waals surface area contributed by atoms with Crippen LogP contribution in [-0.2, 0) is 4.79 Å². The van der Waals surface area contributed by atoms with Crippen LogP contribution < -0.4 is 0 Å². The lowest BCUT2D eigenvalue weighted by molar-refractivity contribution is -0.119. The first kappa shape index (κ1) is 26.1. The van der Waals surface area contributed by atoms with Crippen LogP contribution in [0.15, 0.2) is 72.9 Å². The first-order valence-electron chi connectivity index (χ1n) is 10.8. The minimum atomic E-state index is 0.181. The van der Waals surface area contributed by atoms with Crippen LogP contribution in [0, 0.1) is 0 Å². The van der Waals surface area contributed by atoms with E-state index in [1.807, 2.05) is 0 Å². The van der Waals surface area contributed by atoms with Gasteiger partial charge in [-0.2, -0.15) is 0 Å². The fourth-order valence-corrected chi connectivity index (χ4v) is 2.44. The molecule has 0 saturated carbocycles. The largest absolute Gasteiger partial charge is 0.396 e. The molecule has 0 aliphatic heterocycles. The van der Waals surface area contributed by atoms with Crippen molar-refractivity contribution in [2.24, 2.45) is 0 Å². The highest BCUT2D eigenvalue weighted by Crippen LogP contribution is 2.03. The summed E-state index contributed by atoms with van der Waals surface area (Å²) in [6, 6.07) is 0. The van der Waals surface area contributed by atoms with Crippen LogP contribution in [0.1, 0.15) is 77.6 Å². The molecule has 0 spiro atoms. The third-order valence-corrected chi connectivity index (χ3v) is 4.05. The number of allylic oxidation sites excluding steroid dienone is 12. The standard InChI is InChI=1S/C26H40O2/c1-2-3-4-5-6-7-8-9-10-11-12-13-14-15-16-17-18-19-20-23-26(28)24-21-22-25-27/h3-4,6-7,9-10,12-13,15-16,18-19,27H,2,5,8,11,14,17,20-25H2,1H3/b4-3-,7-6-,10-9-,13-12-,16-15-,19-18-. The molecule has 0 rings (SSSR count). The van der Waals surface area contributed by atoms with Crippen LogP contribution in [0.25, 0.3) is 0 Å². The maximum absolute atomic E-state index is 11.6. The van der Waals surface area contributed by atoms with Crippen molar-refractivity contribution in [3.8, 4) is 0 Å². The second-order valence-electron chi connectivity index (χ2n) is 6.67. The van der Waals surface area contributed by atoms with Gasteiger partial charge in [-0.25, -0.2) is 0 Å². The topological polar surface area (TPSA) is 37.3 Å². The first-order chi connectivity index (χ1) is 13.8.